The van der Waals surface area contributed by atoms with E-state index in [1.807, 2.05) is 42.5 Å². The van der Waals surface area contributed by atoms with E-state index in [4.69, 9.17) is 4.74 Å². The molecule has 0 heterocycles. The van der Waals surface area contributed by atoms with Crippen LogP contribution < -0.4 is 5.32 Å². The summed E-state index contributed by atoms with van der Waals surface area (Å²) in [6.45, 7) is 5.75. The molecule has 2 amide bonds. The number of benzene rings is 2. The average Bonchev–Trinajstić information content (AvgIpc) is 2.51. The second-order valence-corrected chi connectivity index (χ2v) is 6.75. The van der Waals surface area contributed by atoms with Gasteiger partial charge in [0.05, 0.1) is 0 Å². The number of ether oxygens (including phenoxy) is 1. The van der Waals surface area contributed by atoms with Gasteiger partial charge in [0.2, 0.25) is 5.91 Å². The normalized spacial score (nSPS) is 11.2. The molecule has 0 bridgehead atoms. The maximum absolute atomic E-state index is 12.1. The minimum absolute atomic E-state index is 0.0420. The molecule has 0 spiro atoms. The van der Waals surface area contributed by atoms with Crippen molar-refractivity contribution >= 4 is 22.8 Å². The van der Waals surface area contributed by atoms with E-state index >= 15 is 0 Å². The standard InChI is InChI=1S/C19H24N2O3/c1-19(2,3)24-18(23)21(4)13-17(22)20-12-15-10-7-9-14-8-5-6-11-16(14)15/h5-11H,12-13H2,1-4H3,(H,20,22). The zero-order valence-electron chi connectivity index (χ0n) is 14.6. The SMILES string of the molecule is CN(CC(=O)NCc1cccc2ccccc12)C(=O)OC(C)(C)C. The van der Waals surface area contributed by atoms with Crippen LogP contribution in [0.25, 0.3) is 10.8 Å². The maximum atomic E-state index is 12.1. The van der Waals surface area contributed by atoms with Crippen molar-refractivity contribution in [2.24, 2.45) is 0 Å². The molecule has 2 rings (SSSR count). The molecule has 5 heteroatoms. The van der Waals surface area contributed by atoms with Crippen molar-refractivity contribution < 1.29 is 14.3 Å². The van der Waals surface area contributed by atoms with Crippen LogP contribution in [0.1, 0.15) is 26.3 Å². The highest BCUT2D eigenvalue weighted by molar-refractivity contribution is 5.86. The molecule has 2 aromatic rings. The number of nitrogens with one attached hydrogen (secondary N) is 1. The largest absolute Gasteiger partial charge is 0.444 e. The van der Waals surface area contributed by atoms with Crippen molar-refractivity contribution in [3.05, 3.63) is 48.0 Å². The summed E-state index contributed by atoms with van der Waals surface area (Å²) in [5.41, 5.74) is 0.464. The first-order valence-electron chi connectivity index (χ1n) is 7.94. The first-order valence-corrected chi connectivity index (χ1v) is 7.94. The van der Waals surface area contributed by atoms with E-state index in [1.54, 1.807) is 27.8 Å². The van der Waals surface area contributed by atoms with Crippen LogP contribution >= 0.6 is 0 Å². The van der Waals surface area contributed by atoms with E-state index in [2.05, 4.69) is 5.32 Å². The quantitative estimate of drug-likeness (QED) is 0.936. The lowest BCUT2D eigenvalue weighted by atomic mass is 10.0. The Balaban J connectivity index is 1.92. The van der Waals surface area contributed by atoms with Crippen LogP contribution in [0.15, 0.2) is 42.5 Å². The first-order chi connectivity index (χ1) is 11.3. The molecule has 2 aromatic carbocycles. The Morgan fingerprint density at radius 2 is 1.75 bits per heavy atom. The van der Waals surface area contributed by atoms with Crippen LogP contribution in [0.3, 0.4) is 0 Å². The minimum Gasteiger partial charge on any atom is -0.444 e. The zero-order valence-corrected chi connectivity index (χ0v) is 14.6. The Kier molecular flexibility index (Phi) is 5.44. The van der Waals surface area contributed by atoms with Gasteiger partial charge in [-0.15, -0.1) is 0 Å². The minimum atomic E-state index is -0.579. The highest BCUT2D eigenvalue weighted by atomic mass is 16.6. The number of nitrogens with zero attached hydrogens (tertiary/aromatic N) is 1. The van der Waals surface area contributed by atoms with Crippen LogP contribution in [0, 0.1) is 0 Å². The van der Waals surface area contributed by atoms with Crippen LogP contribution in [0.4, 0.5) is 4.79 Å². The molecule has 128 valence electrons. The number of likely N-dealkylation sites (N-methyl/N-ethyl adjacent to an activating group) is 1. The van der Waals surface area contributed by atoms with Crippen molar-refractivity contribution in [2.45, 2.75) is 32.9 Å². The Labute approximate surface area is 142 Å². The Morgan fingerprint density at radius 3 is 2.46 bits per heavy atom. The van der Waals surface area contributed by atoms with Gasteiger partial charge in [-0.1, -0.05) is 42.5 Å². The number of hydrogen-bond acceptors (Lipinski definition) is 3. The molecule has 5 nitrogen and oxygen atoms in total. The second kappa shape index (κ2) is 7.34. The topological polar surface area (TPSA) is 58.6 Å². The number of rotatable bonds is 4. The van der Waals surface area contributed by atoms with Crippen LogP contribution in [0.5, 0.6) is 0 Å². The predicted octanol–water partition coefficient (Wildman–Crippen LogP) is 3.32. The summed E-state index contributed by atoms with van der Waals surface area (Å²) in [7, 11) is 1.55. The van der Waals surface area contributed by atoms with Gasteiger partial charge in [-0.25, -0.2) is 4.79 Å². The smallest absolute Gasteiger partial charge is 0.410 e. The van der Waals surface area contributed by atoms with Crippen molar-refractivity contribution in [1.82, 2.24) is 10.2 Å². The summed E-state index contributed by atoms with van der Waals surface area (Å²) < 4.78 is 5.23. The fraction of sp³-hybridized carbons (Fsp3) is 0.368. The summed E-state index contributed by atoms with van der Waals surface area (Å²) >= 11 is 0. The van der Waals surface area contributed by atoms with Gasteiger partial charge in [0.1, 0.15) is 12.1 Å². The van der Waals surface area contributed by atoms with E-state index in [0.717, 1.165) is 16.3 Å². The fourth-order valence-corrected chi connectivity index (χ4v) is 2.32. The van der Waals surface area contributed by atoms with Crippen LogP contribution in [-0.4, -0.2) is 36.1 Å². The highest BCUT2D eigenvalue weighted by Gasteiger charge is 2.21. The summed E-state index contributed by atoms with van der Waals surface area (Å²) in [6.07, 6.45) is -0.511. The number of carbonyl (C=O) groups is 2. The molecule has 0 unspecified atom stereocenters. The molecule has 0 saturated heterocycles. The van der Waals surface area contributed by atoms with Gasteiger partial charge in [0, 0.05) is 13.6 Å². The van der Waals surface area contributed by atoms with Crippen molar-refractivity contribution in [3.8, 4) is 0 Å². The molecule has 0 radical (unpaired) electrons. The lowest BCUT2D eigenvalue weighted by Crippen LogP contribution is -2.40. The number of hydrogen-bond donors (Lipinski definition) is 1. The van der Waals surface area contributed by atoms with Gasteiger partial charge in [0.25, 0.3) is 0 Å². The second-order valence-electron chi connectivity index (χ2n) is 6.75. The van der Waals surface area contributed by atoms with Gasteiger partial charge in [-0.2, -0.15) is 0 Å². The van der Waals surface area contributed by atoms with Crippen molar-refractivity contribution in [3.63, 3.8) is 0 Å². The van der Waals surface area contributed by atoms with Crippen molar-refractivity contribution in [1.29, 1.82) is 0 Å². The molecule has 0 aliphatic rings. The van der Waals surface area contributed by atoms with E-state index in [1.165, 1.54) is 4.90 Å². The van der Waals surface area contributed by atoms with Crippen LogP contribution in [-0.2, 0) is 16.1 Å². The van der Waals surface area contributed by atoms with E-state index in [0.29, 0.717) is 6.54 Å². The summed E-state index contributed by atoms with van der Waals surface area (Å²) in [5.74, 6) is -0.226. The monoisotopic (exact) mass is 328 g/mol. The predicted molar refractivity (Wildman–Crippen MR) is 94.7 cm³/mol. The zero-order chi connectivity index (χ0) is 17.7. The molecule has 0 aliphatic carbocycles. The maximum Gasteiger partial charge on any atom is 0.410 e. The molecule has 0 saturated carbocycles. The highest BCUT2D eigenvalue weighted by Crippen LogP contribution is 2.18. The third-order valence-electron chi connectivity index (χ3n) is 3.44. The molecule has 1 N–H and O–H groups in total. The Bertz CT molecular complexity index is 729. The lowest BCUT2D eigenvalue weighted by Gasteiger charge is -2.24. The first kappa shape index (κ1) is 17.8. The molecular formula is C19H24N2O3. The number of amides is 2. The third-order valence-corrected chi connectivity index (χ3v) is 3.44. The average molecular weight is 328 g/mol. The molecule has 0 aliphatic heterocycles. The van der Waals surface area contributed by atoms with Crippen molar-refractivity contribution in [2.75, 3.05) is 13.6 Å². The van der Waals surface area contributed by atoms with E-state index in [9.17, 15) is 9.59 Å². The molecule has 0 fully saturated rings. The Hall–Kier alpha value is -2.56. The molecule has 0 aromatic heterocycles. The van der Waals surface area contributed by atoms with Gasteiger partial charge in [-0.05, 0) is 37.1 Å². The molecule has 0 atom stereocenters. The summed E-state index contributed by atoms with van der Waals surface area (Å²) in [5, 5.41) is 5.10. The van der Waals surface area contributed by atoms with Crippen LogP contribution in [0.2, 0.25) is 0 Å². The van der Waals surface area contributed by atoms with Gasteiger partial charge >= 0.3 is 6.09 Å². The fourth-order valence-electron chi connectivity index (χ4n) is 2.32. The summed E-state index contributed by atoms with van der Waals surface area (Å²) in [4.78, 5) is 25.2. The Morgan fingerprint density at radius 1 is 1.08 bits per heavy atom. The van der Waals surface area contributed by atoms with E-state index in [-0.39, 0.29) is 12.5 Å². The molecule has 24 heavy (non-hydrogen) atoms. The summed E-state index contributed by atoms with van der Waals surface area (Å²) in [6, 6.07) is 14.0. The van der Waals surface area contributed by atoms with Gasteiger partial charge < -0.3 is 15.0 Å². The number of carbonyl (C=O) groups excluding carboxylic acids is 2. The number of fused-ring (bicyclic) bond motifs is 1. The molecular weight excluding hydrogens is 304 g/mol. The van der Waals surface area contributed by atoms with E-state index < -0.39 is 11.7 Å². The van der Waals surface area contributed by atoms with Gasteiger partial charge in [-0.3, -0.25) is 4.79 Å². The van der Waals surface area contributed by atoms with Gasteiger partial charge in [0.15, 0.2) is 0 Å². The third kappa shape index (κ3) is 4.98. The lowest BCUT2D eigenvalue weighted by molar-refractivity contribution is -0.122.